The van der Waals surface area contributed by atoms with Crippen LogP contribution in [0, 0.1) is 31.1 Å². The predicted molar refractivity (Wildman–Crippen MR) is 188 cm³/mol. The number of rotatable bonds is 6. The molecule has 2 atom stereocenters. The van der Waals surface area contributed by atoms with E-state index < -0.39 is 20.0 Å². The fourth-order valence-electron chi connectivity index (χ4n) is 9.74. The van der Waals surface area contributed by atoms with Gasteiger partial charge in [0.25, 0.3) is 0 Å². The molecule has 4 aromatic carbocycles. The number of fused-ring (bicyclic) bond motifs is 6. The quantitative estimate of drug-likeness (QED) is 0.173. The van der Waals surface area contributed by atoms with Crippen molar-refractivity contribution in [1.29, 1.82) is 0 Å². The van der Waals surface area contributed by atoms with E-state index in [0.29, 0.717) is 19.2 Å². The predicted octanol–water partition coefficient (Wildman–Crippen LogP) is 12.6. The number of aryl methyl sites for hydroxylation is 2. The molecule has 2 aliphatic carbocycles. The van der Waals surface area contributed by atoms with Crippen molar-refractivity contribution in [2.24, 2.45) is 17.3 Å². The number of allylic oxidation sites excluding steroid dienone is 2. The first-order valence-corrected chi connectivity index (χ1v) is 28.2. The van der Waals surface area contributed by atoms with Gasteiger partial charge < -0.3 is 0 Å². The third-order valence-electron chi connectivity index (χ3n) is 11.1. The molecule has 4 aromatic rings. The van der Waals surface area contributed by atoms with Gasteiger partial charge in [-0.05, 0) is 0 Å². The molecule has 0 nitrogen and oxygen atoms in total. The summed E-state index contributed by atoms with van der Waals surface area (Å²) in [4.78, 5) is 0. The van der Waals surface area contributed by atoms with Gasteiger partial charge in [-0.15, -0.1) is 0 Å². The molecular weight excluding hydrogens is 695 g/mol. The van der Waals surface area contributed by atoms with E-state index in [9.17, 15) is 0 Å². The van der Waals surface area contributed by atoms with Crippen molar-refractivity contribution >= 4 is 12.2 Å². The molecule has 2 unspecified atom stereocenters. The van der Waals surface area contributed by atoms with Crippen molar-refractivity contribution in [2.75, 3.05) is 0 Å². The maximum absolute atomic E-state index is 3.15. The van der Waals surface area contributed by atoms with E-state index in [2.05, 4.69) is 148 Å². The summed E-state index contributed by atoms with van der Waals surface area (Å²) < 4.78 is 6.80. The number of hydrogen-bond acceptors (Lipinski definition) is 0. The average Bonchev–Trinajstić information content (AvgIpc) is 3.58. The van der Waals surface area contributed by atoms with Crippen LogP contribution in [0.1, 0.15) is 81.3 Å². The normalized spacial score (nSPS) is 20.6. The zero-order valence-electron chi connectivity index (χ0n) is 28.0. The Morgan fingerprint density at radius 3 is 1.32 bits per heavy atom. The summed E-state index contributed by atoms with van der Waals surface area (Å²) in [6, 6.07) is 32.5. The second-order valence-corrected chi connectivity index (χ2v) is 32.6. The Hall–Kier alpha value is -2.77. The first-order valence-electron chi connectivity index (χ1n) is 16.9. The van der Waals surface area contributed by atoms with E-state index in [0.717, 1.165) is 0 Å². The third kappa shape index (κ3) is 4.47. The Morgan fingerprint density at radius 1 is 0.545 bits per heavy atom. The average molecular weight is 743 g/mol. The summed E-state index contributed by atoms with van der Waals surface area (Å²) in [5.74, 6) is 1.24. The zero-order chi connectivity index (χ0) is 31.0. The second kappa shape index (κ2) is 10.9. The summed E-state index contributed by atoms with van der Waals surface area (Å²) in [6.07, 6.45) is 7.91. The molecule has 0 bridgehead atoms. The van der Waals surface area contributed by atoms with Gasteiger partial charge in [0.05, 0.1) is 0 Å². The van der Waals surface area contributed by atoms with Gasteiger partial charge in [-0.2, -0.15) is 0 Å². The van der Waals surface area contributed by atoms with E-state index in [4.69, 9.17) is 0 Å². The van der Waals surface area contributed by atoms with E-state index >= 15 is 0 Å². The Morgan fingerprint density at radius 2 is 0.932 bits per heavy atom. The van der Waals surface area contributed by atoms with E-state index in [1.165, 1.54) is 57.3 Å². The Bertz CT molecular complexity index is 1690. The standard InChI is InChI=1S/C41H42.2CH3.Hf/c1-27(2)25-41(26-28(3)4,33-21-31-15-11-19-37(39(31)23-33)35-17-9-7-13-29(35)5)34-22-32-16-12-20-38(40(32)24-34)36-18-10-8-14-30(36)6;;;/h7-24,27-28H,25-26H2,1-6H3;2*1H3;. The van der Waals surface area contributed by atoms with Crippen molar-refractivity contribution in [1.82, 2.24) is 0 Å². The van der Waals surface area contributed by atoms with Gasteiger partial charge in [-0.25, -0.2) is 0 Å². The maximum atomic E-state index is 2.80. The first kappa shape index (κ1) is 29.9. The van der Waals surface area contributed by atoms with Gasteiger partial charge in [0.15, 0.2) is 0 Å². The summed E-state index contributed by atoms with van der Waals surface area (Å²) in [5, 5.41) is 0. The number of hydrogen-bond donors (Lipinski definition) is 0. The molecule has 1 saturated heterocycles. The summed E-state index contributed by atoms with van der Waals surface area (Å²) in [6.45, 7) is 14.4. The van der Waals surface area contributed by atoms with Crippen molar-refractivity contribution in [3.8, 4) is 22.3 Å². The van der Waals surface area contributed by atoms with Crippen molar-refractivity contribution in [3.05, 3.63) is 129 Å². The van der Waals surface area contributed by atoms with Gasteiger partial charge in [0.1, 0.15) is 0 Å². The van der Waals surface area contributed by atoms with Gasteiger partial charge in [-0.3, -0.25) is 0 Å². The van der Waals surface area contributed by atoms with Crippen molar-refractivity contribution in [2.45, 2.75) is 71.1 Å². The van der Waals surface area contributed by atoms with Crippen LogP contribution in [0.2, 0.25) is 9.36 Å². The summed E-state index contributed by atoms with van der Waals surface area (Å²) >= 11 is -3.15. The topological polar surface area (TPSA) is 0 Å². The molecule has 3 aliphatic rings. The van der Waals surface area contributed by atoms with Gasteiger partial charge in [0.2, 0.25) is 0 Å². The third-order valence-corrected chi connectivity index (χ3v) is 26.3. The van der Waals surface area contributed by atoms with Crippen molar-refractivity contribution in [3.63, 3.8) is 0 Å². The van der Waals surface area contributed by atoms with E-state index in [-0.39, 0.29) is 5.41 Å². The van der Waals surface area contributed by atoms with Crippen LogP contribution >= 0.6 is 0 Å². The van der Waals surface area contributed by atoms with Gasteiger partial charge in [0, 0.05) is 0 Å². The molecule has 0 N–H and O–H groups in total. The van der Waals surface area contributed by atoms with Gasteiger partial charge in [-0.1, -0.05) is 0 Å². The molecule has 0 spiro atoms. The molecule has 1 aliphatic heterocycles. The molecule has 1 heteroatoms. The SMILES string of the molecule is Cc1ccccc1-c1cccc2c1C=C1[CH]2[Hf]([CH3])([CH3])[CH]2C(=Cc3c(-c4ccccc4C)cccc32)C1(CC(C)C)CC(C)C. The first-order chi connectivity index (χ1) is 21.0. The molecule has 0 radical (unpaired) electrons. The Labute approximate surface area is 270 Å². The monoisotopic (exact) mass is 744 g/mol. The molecular formula is C43H48Hf. The minimum atomic E-state index is -3.15. The van der Waals surface area contributed by atoms with Gasteiger partial charge >= 0.3 is 272 Å². The van der Waals surface area contributed by atoms with Crippen LogP contribution in [0.4, 0.5) is 0 Å². The fourth-order valence-corrected chi connectivity index (χ4v) is 26.8. The molecule has 1 fully saturated rings. The molecule has 1 heterocycles. The fraction of sp³-hybridized carbons (Fsp3) is 0.349. The molecule has 0 aromatic heterocycles. The number of benzene rings is 4. The minimum absolute atomic E-state index is 0.0806. The van der Waals surface area contributed by atoms with Crippen LogP contribution in [0.15, 0.2) is 96.1 Å². The van der Waals surface area contributed by atoms with E-state index in [1.807, 2.05) is 0 Å². The molecule has 44 heavy (non-hydrogen) atoms. The molecule has 0 saturated carbocycles. The molecule has 224 valence electrons. The van der Waals surface area contributed by atoms with Crippen molar-refractivity contribution < 1.29 is 20.0 Å². The second-order valence-electron chi connectivity index (χ2n) is 15.4. The van der Waals surface area contributed by atoms with Crippen LogP contribution in [0.5, 0.6) is 0 Å². The molecule has 0 amide bonds. The van der Waals surface area contributed by atoms with E-state index in [1.54, 1.807) is 22.3 Å². The molecule has 7 rings (SSSR count). The van der Waals surface area contributed by atoms with Crippen LogP contribution in [0.25, 0.3) is 34.4 Å². The van der Waals surface area contributed by atoms with Crippen LogP contribution in [-0.2, 0) is 20.0 Å². The van der Waals surface area contributed by atoms with Crippen LogP contribution < -0.4 is 0 Å². The summed E-state index contributed by atoms with van der Waals surface area (Å²) in [7, 11) is 0. The Balaban J connectivity index is 1.53. The van der Waals surface area contributed by atoms with Crippen LogP contribution in [0.3, 0.4) is 0 Å². The zero-order valence-corrected chi connectivity index (χ0v) is 31.6. The Kier molecular flexibility index (Phi) is 7.44. The van der Waals surface area contributed by atoms with Crippen LogP contribution in [-0.4, -0.2) is 0 Å². The summed E-state index contributed by atoms with van der Waals surface area (Å²) in [5.41, 5.74) is 18.3.